The van der Waals surface area contributed by atoms with E-state index in [1.54, 1.807) is 30.3 Å². The summed E-state index contributed by atoms with van der Waals surface area (Å²) in [7, 11) is -3.62. The molecule has 2 aromatic rings. The van der Waals surface area contributed by atoms with Crippen molar-refractivity contribution in [2.24, 2.45) is 0 Å². The van der Waals surface area contributed by atoms with Gasteiger partial charge in [-0.25, -0.2) is 13.1 Å². The lowest BCUT2D eigenvalue weighted by Crippen LogP contribution is -2.48. The molecular formula is C19H25ClN4O3S. The summed E-state index contributed by atoms with van der Waals surface area (Å²) >= 11 is 0. The molecule has 1 aromatic carbocycles. The molecule has 0 saturated carbocycles. The number of carbonyl (C=O) groups excluding carboxylic acids is 1. The van der Waals surface area contributed by atoms with Crippen LogP contribution in [0.1, 0.15) is 34.5 Å². The number of hydrogen-bond donors (Lipinski definition) is 2. The number of hydrogen-bond acceptors (Lipinski definition) is 5. The van der Waals surface area contributed by atoms with Crippen LogP contribution in [0.2, 0.25) is 0 Å². The Morgan fingerprint density at radius 3 is 2.82 bits per heavy atom. The van der Waals surface area contributed by atoms with Crippen LogP contribution in [0.25, 0.3) is 0 Å². The number of nitrogens with one attached hydrogen (secondary N) is 2. The lowest BCUT2D eigenvalue weighted by Gasteiger charge is -2.36. The van der Waals surface area contributed by atoms with Gasteiger partial charge in [-0.1, -0.05) is 19.1 Å². The Bertz CT molecular complexity index is 922. The van der Waals surface area contributed by atoms with Crippen molar-refractivity contribution in [3.8, 4) is 0 Å². The first-order valence-electron chi connectivity index (χ1n) is 8.96. The topological polar surface area (TPSA) is 91.4 Å². The van der Waals surface area contributed by atoms with Crippen LogP contribution in [0.15, 0.2) is 47.6 Å². The molecule has 1 unspecified atom stereocenters. The van der Waals surface area contributed by atoms with Gasteiger partial charge in [0.15, 0.2) is 0 Å². The second kappa shape index (κ2) is 9.47. The zero-order valence-electron chi connectivity index (χ0n) is 15.9. The van der Waals surface area contributed by atoms with E-state index >= 15 is 0 Å². The fourth-order valence-electron chi connectivity index (χ4n) is 3.25. The maximum Gasteiger partial charge on any atom is 0.254 e. The van der Waals surface area contributed by atoms with Crippen molar-refractivity contribution in [2.45, 2.75) is 24.8 Å². The molecule has 1 aromatic heterocycles. The highest BCUT2D eigenvalue weighted by atomic mass is 35.5. The number of nitrogens with zero attached hydrogens (tertiary/aromatic N) is 2. The largest absolute Gasteiger partial charge is 0.329 e. The fourth-order valence-corrected chi connectivity index (χ4v) is 4.31. The summed E-state index contributed by atoms with van der Waals surface area (Å²) in [6, 6.07) is 8.33. The number of sulfonamides is 1. The Labute approximate surface area is 172 Å². The van der Waals surface area contributed by atoms with Gasteiger partial charge >= 0.3 is 0 Å². The molecule has 3 rings (SSSR count). The zero-order valence-corrected chi connectivity index (χ0v) is 17.5. The Hall–Kier alpha value is -2.00. The molecule has 0 spiro atoms. The van der Waals surface area contributed by atoms with E-state index in [9.17, 15) is 13.2 Å². The van der Waals surface area contributed by atoms with Gasteiger partial charge in [0.2, 0.25) is 10.0 Å². The standard InChI is InChI=1S/C19H24N4O3S.ClH/c1-3-22-27(25,26)16-7-6-14(2)17(11-16)19(24)23-10-9-21-13-18(23)15-5-4-8-20-12-15;/h4-8,11-12,18,21-22H,3,9-10,13H2,1-2H3;1H. The van der Waals surface area contributed by atoms with Crippen molar-refractivity contribution < 1.29 is 13.2 Å². The number of halogens is 1. The molecule has 2 N–H and O–H groups in total. The highest BCUT2D eigenvalue weighted by Gasteiger charge is 2.30. The molecule has 1 aliphatic rings. The zero-order chi connectivity index (χ0) is 19.4. The number of piperazine rings is 1. The first-order valence-corrected chi connectivity index (χ1v) is 10.4. The molecule has 0 aliphatic carbocycles. The smallest absolute Gasteiger partial charge is 0.254 e. The van der Waals surface area contributed by atoms with E-state index in [1.807, 2.05) is 19.1 Å². The second-order valence-electron chi connectivity index (χ2n) is 6.48. The maximum absolute atomic E-state index is 13.3. The highest BCUT2D eigenvalue weighted by Crippen LogP contribution is 2.25. The summed E-state index contributed by atoms with van der Waals surface area (Å²) in [6.07, 6.45) is 3.46. The van der Waals surface area contributed by atoms with E-state index < -0.39 is 10.0 Å². The Morgan fingerprint density at radius 1 is 1.36 bits per heavy atom. The van der Waals surface area contributed by atoms with E-state index in [2.05, 4.69) is 15.0 Å². The third kappa shape index (κ3) is 4.70. The van der Waals surface area contributed by atoms with Crippen LogP contribution >= 0.6 is 12.4 Å². The van der Waals surface area contributed by atoms with E-state index in [0.29, 0.717) is 31.7 Å². The summed E-state index contributed by atoms with van der Waals surface area (Å²) in [5.74, 6) is -0.170. The lowest BCUT2D eigenvalue weighted by molar-refractivity contribution is 0.0633. The predicted molar refractivity (Wildman–Crippen MR) is 110 cm³/mol. The number of pyridine rings is 1. The highest BCUT2D eigenvalue weighted by molar-refractivity contribution is 7.89. The molecule has 1 saturated heterocycles. The molecule has 152 valence electrons. The molecular weight excluding hydrogens is 400 g/mol. The van der Waals surface area contributed by atoms with Crippen LogP contribution in [0.3, 0.4) is 0 Å². The van der Waals surface area contributed by atoms with Crippen molar-refractivity contribution >= 4 is 28.3 Å². The van der Waals surface area contributed by atoms with Crippen LogP contribution in [0, 0.1) is 6.92 Å². The van der Waals surface area contributed by atoms with Crippen molar-refractivity contribution in [2.75, 3.05) is 26.2 Å². The Morgan fingerprint density at radius 2 is 2.14 bits per heavy atom. The maximum atomic E-state index is 13.3. The molecule has 28 heavy (non-hydrogen) atoms. The molecule has 1 amide bonds. The van der Waals surface area contributed by atoms with Crippen molar-refractivity contribution in [3.63, 3.8) is 0 Å². The number of rotatable bonds is 5. The number of carbonyl (C=O) groups is 1. The van der Waals surface area contributed by atoms with E-state index in [1.165, 1.54) is 12.1 Å². The van der Waals surface area contributed by atoms with E-state index in [0.717, 1.165) is 11.1 Å². The van der Waals surface area contributed by atoms with Gasteiger partial charge in [0.25, 0.3) is 5.91 Å². The lowest BCUT2D eigenvalue weighted by atomic mass is 10.0. The van der Waals surface area contributed by atoms with Crippen molar-refractivity contribution in [1.29, 1.82) is 0 Å². The SMILES string of the molecule is CCNS(=O)(=O)c1ccc(C)c(C(=O)N2CCNCC2c2cccnc2)c1.Cl. The molecule has 1 atom stereocenters. The van der Waals surface area contributed by atoms with Crippen LogP contribution < -0.4 is 10.0 Å². The molecule has 1 fully saturated rings. The van der Waals surface area contributed by atoms with E-state index in [-0.39, 0.29) is 29.3 Å². The van der Waals surface area contributed by atoms with Crippen LogP contribution in [0.4, 0.5) is 0 Å². The Kier molecular flexibility index (Phi) is 7.54. The van der Waals surface area contributed by atoms with Crippen LogP contribution in [-0.4, -0.2) is 50.4 Å². The van der Waals surface area contributed by atoms with Gasteiger partial charge in [-0.15, -0.1) is 12.4 Å². The molecule has 0 bridgehead atoms. The monoisotopic (exact) mass is 424 g/mol. The van der Waals surface area contributed by atoms with Gasteiger partial charge in [-0.2, -0.15) is 0 Å². The number of amides is 1. The van der Waals surface area contributed by atoms with Crippen molar-refractivity contribution in [1.82, 2.24) is 19.9 Å². The van der Waals surface area contributed by atoms with E-state index in [4.69, 9.17) is 0 Å². The molecule has 9 heteroatoms. The minimum absolute atomic E-state index is 0. The van der Waals surface area contributed by atoms with Gasteiger partial charge in [0.1, 0.15) is 0 Å². The summed E-state index contributed by atoms with van der Waals surface area (Å²) in [6.45, 7) is 5.69. The molecule has 2 heterocycles. The third-order valence-corrected chi connectivity index (χ3v) is 6.20. The number of benzene rings is 1. The van der Waals surface area contributed by atoms with Crippen LogP contribution in [-0.2, 0) is 10.0 Å². The molecule has 0 radical (unpaired) electrons. The summed E-state index contributed by atoms with van der Waals surface area (Å²) in [5.41, 5.74) is 2.11. The average Bonchev–Trinajstić information content (AvgIpc) is 2.68. The van der Waals surface area contributed by atoms with Gasteiger partial charge in [-0.3, -0.25) is 9.78 Å². The van der Waals surface area contributed by atoms with Gasteiger partial charge in [0.05, 0.1) is 10.9 Å². The Balaban J connectivity index is 0.00000280. The minimum Gasteiger partial charge on any atom is -0.329 e. The normalized spacial score (nSPS) is 17.1. The van der Waals surface area contributed by atoms with Gasteiger partial charge in [0, 0.05) is 44.1 Å². The second-order valence-corrected chi connectivity index (χ2v) is 8.25. The summed E-state index contributed by atoms with van der Waals surface area (Å²) < 4.78 is 27.1. The quantitative estimate of drug-likeness (QED) is 0.764. The number of aromatic nitrogens is 1. The summed E-state index contributed by atoms with van der Waals surface area (Å²) in [4.78, 5) is 19.4. The minimum atomic E-state index is -3.62. The fraction of sp³-hybridized carbons (Fsp3) is 0.368. The summed E-state index contributed by atoms with van der Waals surface area (Å²) in [5, 5.41) is 3.31. The number of aryl methyl sites for hydroxylation is 1. The predicted octanol–water partition coefficient (Wildman–Crippen LogP) is 1.90. The van der Waals surface area contributed by atoms with Gasteiger partial charge in [-0.05, 0) is 36.2 Å². The van der Waals surface area contributed by atoms with Crippen molar-refractivity contribution in [3.05, 3.63) is 59.4 Å². The average molecular weight is 425 g/mol. The third-order valence-electron chi connectivity index (χ3n) is 4.66. The van der Waals surface area contributed by atoms with Crippen LogP contribution in [0.5, 0.6) is 0 Å². The van der Waals surface area contributed by atoms with Gasteiger partial charge < -0.3 is 10.2 Å². The molecule has 1 aliphatic heterocycles. The molecule has 7 nitrogen and oxygen atoms in total. The first-order chi connectivity index (χ1) is 12.9. The first kappa shape index (κ1) is 22.3.